The van der Waals surface area contributed by atoms with E-state index in [4.69, 9.17) is 16.3 Å². The monoisotopic (exact) mass is 294 g/mol. The van der Waals surface area contributed by atoms with E-state index in [0.717, 1.165) is 12.1 Å². The van der Waals surface area contributed by atoms with E-state index in [9.17, 15) is 4.39 Å². The van der Waals surface area contributed by atoms with Gasteiger partial charge in [-0.2, -0.15) is 0 Å². The molecule has 2 aromatic rings. The number of hydrogen-bond acceptors (Lipinski definition) is 3. The van der Waals surface area contributed by atoms with Crippen molar-refractivity contribution in [2.45, 2.75) is 19.9 Å². The molecular formula is C15H16ClFN2O. The Kier molecular flexibility index (Phi) is 4.93. The van der Waals surface area contributed by atoms with Crippen LogP contribution in [0.15, 0.2) is 36.7 Å². The van der Waals surface area contributed by atoms with E-state index in [-0.39, 0.29) is 11.8 Å². The molecule has 1 aromatic carbocycles. The van der Waals surface area contributed by atoms with Gasteiger partial charge in [-0.05, 0) is 19.5 Å². The molecule has 1 unspecified atom stereocenters. The highest BCUT2D eigenvalue weighted by Crippen LogP contribution is 2.32. The summed E-state index contributed by atoms with van der Waals surface area (Å²) in [4.78, 5) is 3.93. The first-order valence-electron chi connectivity index (χ1n) is 6.42. The number of benzene rings is 1. The van der Waals surface area contributed by atoms with Crippen molar-refractivity contribution in [3.63, 3.8) is 0 Å². The first-order valence-corrected chi connectivity index (χ1v) is 6.79. The highest BCUT2D eigenvalue weighted by Gasteiger charge is 2.16. The zero-order valence-corrected chi connectivity index (χ0v) is 12.1. The molecule has 2 rings (SSSR count). The Hall–Kier alpha value is -1.65. The molecule has 3 nitrogen and oxygen atoms in total. The van der Waals surface area contributed by atoms with E-state index < -0.39 is 5.82 Å². The van der Waals surface area contributed by atoms with Crippen molar-refractivity contribution in [2.75, 3.05) is 6.54 Å². The smallest absolute Gasteiger partial charge is 0.167 e. The molecule has 0 spiro atoms. The number of nitrogens with one attached hydrogen (secondary N) is 1. The van der Waals surface area contributed by atoms with Crippen molar-refractivity contribution in [1.82, 2.24) is 10.3 Å². The molecule has 20 heavy (non-hydrogen) atoms. The first kappa shape index (κ1) is 14.8. The van der Waals surface area contributed by atoms with Crippen molar-refractivity contribution in [1.29, 1.82) is 0 Å². The third-order valence-corrected chi connectivity index (χ3v) is 3.08. The van der Waals surface area contributed by atoms with Gasteiger partial charge in [0.15, 0.2) is 11.6 Å². The molecule has 0 aliphatic rings. The van der Waals surface area contributed by atoms with Gasteiger partial charge in [-0.25, -0.2) is 4.39 Å². The van der Waals surface area contributed by atoms with Crippen LogP contribution in [0.4, 0.5) is 4.39 Å². The maximum Gasteiger partial charge on any atom is 0.167 e. The number of hydrogen-bond donors (Lipinski definition) is 1. The highest BCUT2D eigenvalue weighted by molar-refractivity contribution is 6.30. The topological polar surface area (TPSA) is 34.1 Å². The normalized spacial score (nSPS) is 12.2. The maximum atomic E-state index is 14.0. The molecule has 1 aromatic heterocycles. The van der Waals surface area contributed by atoms with Gasteiger partial charge in [-0.3, -0.25) is 4.98 Å². The predicted octanol–water partition coefficient (Wildman–Crippen LogP) is 4.34. The summed E-state index contributed by atoms with van der Waals surface area (Å²) in [6.45, 7) is 4.74. The summed E-state index contributed by atoms with van der Waals surface area (Å²) in [6, 6.07) is 6.46. The van der Waals surface area contributed by atoms with Crippen molar-refractivity contribution in [3.8, 4) is 11.5 Å². The van der Waals surface area contributed by atoms with Crippen molar-refractivity contribution in [2.24, 2.45) is 0 Å². The number of ether oxygens (including phenoxy) is 1. The van der Waals surface area contributed by atoms with Gasteiger partial charge in [0.1, 0.15) is 5.75 Å². The molecule has 1 heterocycles. The molecule has 0 aliphatic carbocycles. The molecule has 0 saturated heterocycles. The average Bonchev–Trinajstić information content (AvgIpc) is 2.41. The molecule has 1 N–H and O–H groups in total. The van der Waals surface area contributed by atoms with E-state index in [1.54, 1.807) is 12.1 Å². The lowest BCUT2D eigenvalue weighted by atomic mass is 10.1. The summed E-state index contributed by atoms with van der Waals surface area (Å²) in [6.07, 6.45) is 3.00. The second kappa shape index (κ2) is 6.68. The van der Waals surface area contributed by atoms with Crippen LogP contribution in [-0.4, -0.2) is 11.5 Å². The van der Waals surface area contributed by atoms with Crippen LogP contribution in [0, 0.1) is 5.82 Å². The Morgan fingerprint density at radius 1 is 1.40 bits per heavy atom. The third kappa shape index (κ3) is 3.46. The van der Waals surface area contributed by atoms with E-state index in [1.807, 2.05) is 19.9 Å². The van der Waals surface area contributed by atoms with Gasteiger partial charge in [0, 0.05) is 23.9 Å². The summed E-state index contributed by atoms with van der Waals surface area (Å²) in [5, 5.41) is 3.68. The quantitative estimate of drug-likeness (QED) is 0.891. The minimum Gasteiger partial charge on any atom is -0.452 e. The Bertz CT molecular complexity index is 592. The van der Waals surface area contributed by atoms with Crippen LogP contribution >= 0.6 is 11.6 Å². The zero-order valence-electron chi connectivity index (χ0n) is 11.4. The van der Waals surface area contributed by atoms with Crippen molar-refractivity contribution < 1.29 is 9.13 Å². The lowest BCUT2D eigenvalue weighted by molar-refractivity contribution is 0.425. The largest absolute Gasteiger partial charge is 0.452 e. The molecule has 0 bridgehead atoms. The van der Waals surface area contributed by atoms with E-state index in [2.05, 4.69) is 10.3 Å². The molecule has 0 saturated carbocycles. The fraction of sp³-hybridized carbons (Fsp3) is 0.267. The van der Waals surface area contributed by atoms with Crippen molar-refractivity contribution >= 4 is 11.6 Å². The Balaban J connectivity index is 2.35. The SMILES string of the molecule is CCNC(C)c1cccc(F)c1Oc1cncc(Cl)c1. The van der Waals surface area contributed by atoms with E-state index in [1.165, 1.54) is 18.5 Å². The summed E-state index contributed by atoms with van der Waals surface area (Å²) >= 11 is 5.85. The highest BCUT2D eigenvalue weighted by atomic mass is 35.5. The summed E-state index contributed by atoms with van der Waals surface area (Å²) < 4.78 is 19.7. The Morgan fingerprint density at radius 3 is 2.90 bits per heavy atom. The zero-order chi connectivity index (χ0) is 14.5. The van der Waals surface area contributed by atoms with Gasteiger partial charge in [0.25, 0.3) is 0 Å². The number of para-hydroxylation sites is 1. The Morgan fingerprint density at radius 2 is 2.20 bits per heavy atom. The standard InChI is InChI=1S/C15H16ClFN2O/c1-3-19-10(2)13-5-4-6-14(17)15(13)20-12-7-11(16)8-18-9-12/h4-10,19H,3H2,1-2H3. The lowest BCUT2D eigenvalue weighted by Gasteiger charge is -2.18. The predicted molar refractivity (Wildman–Crippen MR) is 77.8 cm³/mol. The number of aromatic nitrogens is 1. The number of rotatable bonds is 5. The van der Waals surface area contributed by atoms with Crippen molar-refractivity contribution in [3.05, 3.63) is 53.1 Å². The van der Waals surface area contributed by atoms with Crippen LogP contribution < -0.4 is 10.1 Å². The molecule has 0 amide bonds. The lowest BCUT2D eigenvalue weighted by Crippen LogP contribution is -2.18. The number of nitrogens with zero attached hydrogens (tertiary/aromatic N) is 1. The molecule has 0 aliphatic heterocycles. The van der Waals surface area contributed by atoms with Crippen LogP contribution in [0.2, 0.25) is 5.02 Å². The summed E-state index contributed by atoms with van der Waals surface area (Å²) in [5.74, 6) is 0.199. The van der Waals surface area contributed by atoms with E-state index in [0.29, 0.717) is 10.8 Å². The minimum absolute atomic E-state index is 0.0159. The molecular weight excluding hydrogens is 279 g/mol. The molecule has 0 fully saturated rings. The maximum absolute atomic E-state index is 14.0. The molecule has 0 radical (unpaired) electrons. The fourth-order valence-electron chi connectivity index (χ4n) is 1.96. The van der Waals surface area contributed by atoms with Gasteiger partial charge in [0.2, 0.25) is 0 Å². The minimum atomic E-state index is -0.410. The fourth-order valence-corrected chi connectivity index (χ4v) is 2.12. The third-order valence-electron chi connectivity index (χ3n) is 2.87. The second-order valence-corrected chi connectivity index (χ2v) is 4.81. The average molecular weight is 295 g/mol. The van der Waals surface area contributed by atoms with Crippen LogP contribution in [0.5, 0.6) is 11.5 Å². The molecule has 1 atom stereocenters. The van der Waals surface area contributed by atoms with Gasteiger partial charge in [0.05, 0.1) is 11.2 Å². The first-order chi connectivity index (χ1) is 9.61. The van der Waals surface area contributed by atoms with Crippen LogP contribution in [0.25, 0.3) is 0 Å². The summed E-state index contributed by atoms with van der Waals surface area (Å²) in [7, 11) is 0. The van der Waals surface area contributed by atoms with Crippen LogP contribution in [0.1, 0.15) is 25.5 Å². The van der Waals surface area contributed by atoms with Gasteiger partial charge in [-0.1, -0.05) is 30.7 Å². The Labute approximate surface area is 122 Å². The van der Waals surface area contributed by atoms with Crippen LogP contribution in [0.3, 0.4) is 0 Å². The van der Waals surface area contributed by atoms with Gasteiger partial charge in [-0.15, -0.1) is 0 Å². The van der Waals surface area contributed by atoms with Crippen LogP contribution in [-0.2, 0) is 0 Å². The second-order valence-electron chi connectivity index (χ2n) is 4.38. The van der Waals surface area contributed by atoms with Gasteiger partial charge < -0.3 is 10.1 Å². The van der Waals surface area contributed by atoms with E-state index >= 15 is 0 Å². The molecule has 5 heteroatoms. The summed E-state index contributed by atoms with van der Waals surface area (Å²) in [5.41, 5.74) is 0.756. The number of pyridine rings is 1. The molecule has 106 valence electrons. The number of halogens is 2. The van der Waals surface area contributed by atoms with Gasteiger partial charge >= 0.3 is 0 Å².